The van der Waals surface area contributed by atoms with Crippen molar-refractivity contribution in [2.24, 2.45) is 0 Å². The Bertz CT molecular complexity index is 748. The summed E-state index contributed by atoms with van der Waals surface area (Å²) in [5.74, 6) is 0.778. The molecule has 2 rings (SSSR count). The lowest BCUT2D eigenvalue weighted by Crippen LogP contribution is -2.17. The van der Waals surface area contributed by atoms with Crippen LogP contribution in [0.5, 0.6) is 11.5 Å². The molecule has 27 heavy (non-hydrogen) atoms. The fourth-order valence-electron chi connectivity index (χ4n) is 4.38. The van der Waals surface area contributed by atoms with Gasteiger partial charge in [0.15, 0.2) is 0 Å². The molecule has 0 aromatic heterocycles. The molecule has 0 spiro atoms. The zero-order valence-corrected chi connectivity index (χ0v) is 18.3. The number of hydrogen-bond donors (Lipinski definition) is 2. The van der Waals surface area contributed by atoms with Crippen molar-refractivity contribution in [3.8, 4) is 11.5 Å². The van der Waals surface area contributed by atoms with Crippen molar-refractivity contribution >= 4 is 0 Å². The zero-order chi connectivity index (χ0) is 20.6. The van der Waals surface area contributed by atoms with Crippen LogP contribution in [0.3, 0.4) is 0 Å². The van der Waals surface area contributed by atoms with Crippen LogP contribution >= 0.6 is 0 Å². The molecule has 0 unspecified atom stereocenters. The zero-order valence-electron chi connectivity index (χ0n) is 18.3. The summed E-state index contributed by atoms with van der Waals surface area (Å²) >= 11 is 0. The largest absolute Gasteiger partial charge is 0.508 e. The molecule has 2 N–H and O–H groups in total. The van der Waals surface area contributed by atoms with Crippen LogP contribution < -0.4 is 0 Å². The summed E-state index contributed by atoms with van der Waals surface area (Å²) < 4.78 is 0. The molecule has 0 heterocycles. The van der Waals surface area contributed by atoms with Gasteiger partial charge in [-0.2, -0.15) is 0 Å². The van der Waals surface area contributed by atoms with Gasteiger partial charge >= 0.3 is 0 Å². The van der Waals surface area contributed by atoms with Crippen LogP contribution in [0.2, 0.25) is 0 Å². The first-order chi connectivity index (χ1) is 12.4. The minimum absolute atomic E-state index is 0.107. The first kappa shape index (κ1) is 21.3. The van der Waals surface area contributed by atoms with E-state index in [1.165, 1.54) is 22.3 Å². The van der Waals surface area contributed by atoms with Gasteiger partial charge in [-0.3, -0.25) is 0 Å². The topological polar surface area (TPSA) is 40.5 Å². The molecule has 0 bridgehead atoms. The van der Waals surface area contributed by atoms with Crippen molar-refractivity contribution < 1.29 is 10.2 Å². The highest BCUT2D eigenvalue weighted by Gasteiger charge is 2.26. The van der Waals surface area contributed by atoms with Crippen molar-refractivity contribution in [2.45, 2.75) is 85.5 Å². The lowest BCUT2D eigenvalue weighted by Gasteiger charge is -2.28. The molecule has 0 aliphatic carbocycles. The summed E-state index contributed by atoms with van der Waals surface area (Å²) in [4.78, 5) is 0. The number of phenols is 2. The molecule has 0 atom stereocenters. The Balaban J connectivity index is 2.65. The van der Waals surface area contributed by atoms with E-state index in [1.807, 2.05) is 12.1 Å². The Labute approximate surface area is 165 Å². The third kappa shape index (κ3) is 4.31. The number of aromatic hydroxyl groups is 2. The molecular formula is C25H36O2. The third-order valence-corrected chi connectivity index (χ3v) is 5.36. The Morgan fingerprint density at radius 2 is 0.963 bits per heavy atom. The maximum atomic E-state index is 10.5. The quantitative estimate of drug-likeness (QED) is 0.655. The molecule has 148 valence electrons. The van der Waals surface area contributed by atoms with Crippen molar-refractivity contribution in [2.75, 3.05) is 0 Å². The van der Waals surface area contributed by atoms with Crippen molar-refractivity contribution in [3.63, 3.8) is 0 Å². The molecule has 0 amide bonds. The predicted octanol–water partition coefficient (Wildman–Crippen LogP) is 6.41. The van der Waals surface area contributed by atoms with Crippen molar-refractivity contribution in [1.29, 1.82) is 0 Å². The lowest BCUT2D eigenvalue weighted by atomic mass is 9.77. The highest BCUT2D eigenvalue weighted by Crippen LogP contribution is 2.39. The molecule has 2 aromatic rings. The van der Waals surface area contributed by atoms with Crippen LogP contribution in [0, 0.1) is 0 Å². The molecule has 0 fully saturated rings. The van der Waals surface area contributed by atoms with Crippen LogP contribution in [0.4, 0.5) is 0 Å². The van der Waals surface area contributed by atoms with E-state index in [0.29, 0.717) is 11.5 Å². The Morgan fingerprint density at radius 1 is 0.630 bits per heavy atom. The van der Waals surface area contributed by atoms with Gasteiger partial charge in [0.2, 0.25) is 0 Å². The maximum absolute atomic E-state index is 10.5. The second-order valence-corrected chi connectivity index (χ2v) is 9.58. The average molecular weight is 369 g/mol. The van der Waals surface area contributed by atoms with Crippen LogP contribution in [0.25, 0.3) is 0 Å². The van der Waals surface area contributed by atoms with E-state index in [4.69, 9.17) is 0 Å². The van der Waals surface area contributed by atoms with Crippen molar-refractivity contribution in [1.82, 2.24) is 0 Å². The summed E-state index contributed by atoms with van der Waals surface area (Å²) in [6, 6.07) is 7.80. The van der Waals surface area contributed by atoms with Gasteiger partial charge in [0.25, 0.3) is 0 Å². The van der Waals surface area contributed by atoms with E-state index in [-0.39, 0.29) is 10.8 Å². The van der Waals surface area contributed by atoms with Gasteiger partial charge in [-0.25, -0.2) is 0 Å². The van der Waals surface area contributed by atoms with E-state index in [2.05, 4.69) is 67.5 Å². The van der Waals surface area contributed by atoms with Crippen LogP contribution in [0.15, 0.2) is 24.3 Å². The summed E-state index contributed by atoms with van der Waals surface area (Å²) in [6.45, 7) is 17.2. The lowest BCUT2D eigenvalue weighted by molar-refractivity contribution is 0.444. The molecule has 0 aliphatic rings. The van der Waals surface area contributed by atoms with E-state index in [9.17, 15) is 10.2 Å². The minimum Gasteiger partial charge on any atom is -0.508 e. The fourth-order valence-corrected chi connectivity index (χ4v) is 4.38. The monoisotopic (exact) mass is 368 g/mol. The Morgan fingerprint density at radius 3 is 1.22 bits per heavy atom. The average Bonchev–Trinajstić information content (AvgIpc) is 2.54. The molecule has 0 radical (unpaired) electrons. The van der Waals surface area contributed by atoms with Crippen LogP contribution in [-0.4, -0.2) is 10.2 Å². The fraction of sp³-hybridized carbons (Fsp3) is 0.520. The van der Waals surface area contributed by atoms with E-state index >= 15 is 0 Å². The standard InChI is InChI=1S/C25H36O2/c1-9-18-16(11-13-20(26)22(18)24(3,4)5)15-17-12-14-21(27)23(19(17)10-2)25(6,7)8/h11-14,26-27H,9-10,15H2,1-8H3. The number of rotatable bonds is 4. The van der Waals surface area contributed by atoms with Crippen LogP contribution in [-0.2, 0) is 30.1 Å². The normalized spacial score (nSPS) is 12.4. The van der Waals surface area contributed by atoms with Gasteiger partial charge in [0.1, 0.15) is 11.5 Å². The number of hydrogen-bond acceptors (Lipinski definition) is 2. The van der Waals surface area contributed by atoms with E-state index < -0.39 is 0 Å². The van der Waals surface area contributed by atoms with Gasteiger partial charge in [0.05, 0.1) is 0 Å². The predicted molar refractivity (Wildman–Crippen MR) is 115 cm³/mol. The minimum atomic E-state index is -0.107. The first-order valence-corrected chi connectivity index (χ1v) is 10.1. The van der Waals surface area contributed by atoms with Gasteiger partial charge < -0.3 is 10.2 Å². The molecule has 0 aliphatic heterocycles. The summed E-state index contributed by atoms with van der Waals surface area (Å²) in [6.07, 6.45) is 2.60. The SMILES string of the molecule is CCc1c(Cc2ccc(O)c(C(C)(C)C)c2CC)ccc(O)c1C(C)(C)C. The highest BCUT2D eigenvalue weighted by molar-refractivity contribution is 5.53. The van der Waals surface area contributed by atoms with Crippen molar-refractivity contribution in [3.05, 3.63) is 57.6 Å². The summed E-state index contributed by atoms with van der Waals surface area (Å²) in [5.41, 5.74) is 6.91. The second-order valence-electron chi connectivity index (χ2n) is 9.58. The van der Waals surface area contributed by atoms with Gasteiger partial charge in [-0.1, -0.05) is 67.5 Å². The Kier molecular flexibility index (Phi) is 5.99. The van der Waals surface area contributed by atoms with Gasteiger partial charge in [0, 0.05) is 11.1 Å². The first-order valence-electron chi connectivity index (χ1n) is 10.1. The number of benzene rings is 2. The number of phenolic OH excluding ortho intramolecular Hbond substituents is 2. The summed E-state index contributed by atoms with van der Waals surface area (Å²) in [7, 11) is 0. The third-order valence-electron chi connectivity index (χ3n) is 5.36. The molecule has 2 aromatic carbocycles. The van der Waals surface area contributed by atoms with E-state index in [0.717, 1.165) is 30.4 Å². The highest BCUT2D eigenvalue weighted by atomic mass is 16.3. The molecular weight excluding hydrogens is 332 g/mol. The van der Waals surface area contributed by atoms with Gasteiger partial charge in [-0.15, -0.1) is 0 Å². The second kappa shape index (κ2) is 7.58. The summed E-state index contributed by atoms with van der Waals surface area (Å²) in [5, 5.41) is 21.0. The molecule has 0 saturated heterocycles. The van der Waals surface area contributed by atoms with Crippen LogP contribution in [0.1, 0.15) is 88.8 Å². The molecule has 0 saturated carbocycles. The maximum Gasteiger partial charge on any atom is 0.119 e. The van der Waals surface area contributed by atoms with Gasteiger partial charge in [-0.05, 0) is 64.5 Å². The van der Waals surface area contributed by atoms with E-state index in [1.54, 1.807) is 0 Å². The molecule has 2 nitrogen and oxygen atoms in total. The molecule has 2 heteroatoms. The smallest absolute Gasteiger partial charge is 0.119 e. The Hall–Kier alpha value is -1.96.